The van der Waals surface area contributed by atoms with Crippen LogP contribution in [0.4, 0.5) is 0 Å². The molecule has 0 aromatic carbocycles. The number of rotatable bonds is 7. The van der Waals surface area contributed by atoms with Crippen molar-refractivity contribution in [2.75, 3.05) is 13.7 Å². The van der Waals surface area contributed by atoms with Gasteiger partial charge >= 0.3 is 5.97 Å². The Labute approximate surface area is 134 Å². The molecular formula is C16H28O5Si. The van der Waals surface area contributed by atoms with E-state index in [2.05, 4.69) is 33.9 Å². The van der Waals surface area contributed by atoms with E-state index < -0.39 is 20.4 Å². The maximum atomic E-state index is 12.2. The summed E-state index contributed by atoms with van der Waals surface area (Å²) in [5, 5.41) is 0.146. The second kappa shape index (κ2) is 6.96. The Hall–Kier alpha value is -1.14. The van der Waals surface area contributed by atoms with Gasteiger partial charge in [-0.25, -0.2) is 4.79 Å². The van der Waals surface area contributed by atoms with Crippen LogP contribution in [0.3, 0.4) is 0 Å². The number of cyclic esters (lactones) is 1. The summed E-state index contributed by atoms with van der Waals surface area (Å²) in [4.78, 5) is 23.9. The first-order chi connectivity index (χ1) is 10.0. The van der Waals surface area contributed by atoms with Crippen LogP contribution in [0.15, 0.2) is 11.3 Å². The summed E-state index contributed by atoms with van der Waals surface area (Å²) < 4.78 is 16.2. The number of esters is 1. The average Bonchev–Trinajstić information content (AvgIpc) is 2.67. The van der Waals surface area contributed by atoms with Crippen molar-refractivity contribution in [2.24, 2.45) is 0 Å². The number of carbonyl (C=O) groups excluding carboxylic acids is 2. The molecule has 0 saturated carbocycles. The van der Waals surface area contributed by atoms with E-state index in [1.807, 2.05) is 0 Å². The summed E-state index contributed by atoms with van der Waals surface area (Å²) in [7, 11) is -0.347. The van der Waals surface area contributed by atoms with Gasteiger partial charge in [0.2, 0.25) is 0 Å². The van der Waals surface area contributed by atoms with Crippen molar-refractivity contribution < 1.29 is 23.5 Å². The number of ketones is 1. The number of Topliss-reactive ketones (excluding diaryl/α,β-unsaturated/α-hetero) is 1. The summed E-state index contributed by atoms with van der Waals surface area (Å²) in [6, 6.07) is 0. The number of hydrogen-bond acceptors (Lipinski definition) is 5. The number of methoxy groups -OCH3 is 1. The lowest BCUT2D eigenvalue weighted by Gasteiger charge is -2.36. The monoisotopic (exact) mass is 328 g/mol. The summed E-state index contributed by atoms with van der Waals surface area (Å²) in [5.41, 5.74) is 0.0577. The van der Waals surface area contributed by atoms with E-state index in [-0.39, 0.29) is 22.8 Å². The molecule has 1 atom stereocenters. The molecule has 1 rings (SSSR count). The SMILES string of the molecule is COC1=C(C(=O)CCCO[Si](C)(C)C(C)(C)C)C(=O)OC1C. The predicted octanol–water partition coefficient (Wildman–Crippen LogP) is 3.20. The Morgan fingerprint density at radius 2 is 1.91 bits per heavy atom. The molecule has 0 saturated heterocycles. The van der Waals surface area contributed by atoms with Crippen LogP contribution in [0.2, 0.25) is 18.1 Å². The third kappa shape index (κ3) is 4.20. The molecule has 0 radical (unpaired) electrons. The van der Waals surface area contributed by atoms with Gasteiger partial charge in [0, 0.05) is 13.0 Å². The highest BCUT2D eigenvalue weighted by Crippen LogP contribution is 2.36. The van der Waals surface area contributed by atoms with Crippen LogP contribution in [0.25, 0.3) is 0 Å². The fourth-order valence-corrected chi connectivity index (χ4v) is 3.09. The quantitative estimate of drug-likeness (QED) is 0.311. The molecule has 22 heavy (non-hydrogen) atoms. The van der Waals surface area contributed by atoms with Crippen molar-refractivity contribution in [1.82, 2.24) is 0 Å². The topological polar surface area (TPSA) is 61.8 Å². The summed E-state index contributed by atoms with van der Waals surface area (Å²) >= 11 is 0. The fraction of sp³-hybridized carbons (Fsp3) is 0.750. The predicted molar refractivity (Wildman–Crippen MR) is 87.0 cm³/mol. The maximum Gasteiger partial charge on any atom is 0.346 e. The molecule has 1 aliphatic rings. The van der Waals surface area contributed by atoms with Gasteiger partial charge in [-0.2, -0.15) is 0 Å². The van der Waals surface area contributed by atoms with E-state index in [4.69, 9.17) is 13.9 Å². The van der Waals surface area contributed by atoms with E-state index in [0.29, 0.717) is 18.8 Å². The van der Waals surface area contributed by atoms with E-state index >= 15 is 0 Å². The minimum atomic E-state index is -1.79. The van der Waals surface area contributed by atoms with Gasteiger partial charge in [0.1, 0.15) is 5.57 Å². The molecule has 0 aromatic rings. The normalized spacial score (nSPS) is 19.4. The van der Waals surface area contributed by atoms with Crippen molar-refractivity contribution in [2.45, 2.75) is 64.8 Å². The maximum absolute atomic E-state index is 12.2. The Bertz CT molecular complexity index is 473. The summed E-state index contributed by atoms with van der Waals surface area (Å²) in [6.45, 7) is 13.1. The molecule has 0 aromatic heterocycles. The van der Waals surface area contributed by atoms with Crippen molar-refractivity contribution in [3.63, 3.8) is 0 Å². The molecule has 5 nitrogen and oxygen atoms in total. The third-order valence-corrected chi connectivity index (χ3v) is 8.96. The van der Waals surface area contributed by atoms with Crippen LogP contribution in [0.5, 0.6) is 0 Å². The van der Waals surface area contributed by atoms with E-state index in [1.165, 1.54) is 7.11 Å². The molecule has 6 heteroatoms. The Morgan fingerprint density at radius 1 is 1.32 bits per heavy atom. The zero-order valence-corrected chi connectivity index (χ0v) is 15.7. The molecule has 0 amide bonds. The van der Waals surface area contributed by atoms with Crippen LogP contribution in [0, 0.1) is 0 Å². The van der Waals surface area contributed by atoms with Gasteiger partial charge in [-0.05, 0) is 31.5 Å². The highest BCUT2D eigenvalue weighted by atomic mass is 28.4. The third-order valence-electron chi connectivity index (χ3n) is 4.42. The van der Waals surface area contributed by atoms with Gasteiger partial charge in [0.25, 0.3) is 0 Å². The highest BCUT2D eigenvalue weighted by molar-refractivity contribution is 6.74. The summed E-state index contributed by atoms with van der Waals surface area (Å²) in [5.74, 6) is -0.481. The number of hydrogen-bond donors (Lipinski definition) is 0. The Kier molecular flexibility index (Phi) is 5.98. The molecule has 1 aliphatic heterocycles. The molecule has 0 N–H and O–H groups in total. The standard InChI is InChI=1S/C16H28O5Si/c1-11-14(19-5)13(15(18)21-11)12(17)9-8-10-20-22(6,7)16(2,3)4/h11H,8-10H2,1-7H3. The molecule has 1 unspecified atom stereocenters. The van der Waals surface area contributed by atoms with E-state index in [9.17, 15) is 9.59 Å². The largest absolute Gasteiger partial charge is 0.496 e. The van der Waals surface area contributed by atoms with Crippen molar-refractivity contribution in [3.05, 3.63) is 11.3 Å². The molecule has 0 bridgehead atoms. The Balaban J connectivity index is 2.54. The van der Waals surface area contributed by atoms with Crippen molar-refractivity contribution >= 4 is 20.1 Å². The number of carbonyl (C=O) groups is 2. The lowest BCUT2D eigenvalue weighted by Crippen LogP contribution is -2.41. The van der Waals surface area contributed by atoms with Crippen LogP contribution in [-0.4, -0.2) is 39.9 Å². The lowest BCUT2D eigenvalue weighted by atomic mass is 10.1. The van der Waals surface area contributed by atoms with Gasteiger partial charge in [0.05, 0.1) is 7.11 Å². The molecule has 1 heterocycles. The second-order valence-electron chi connectivity index (χ2n) is 7.13. The number of ether oxygens (including phenoxy) is 2. The zero-order chi connectivity index (χ0) is 17.1. The molecule has 126 valence electrons. The minimum absolute atomic E-state index is 0.0577. The van der Waals surface area contributed by atoms with Gasteiger partial charge in [-0.3, -0.25) is 4.79 Å². The minimum Gasteiger partial charge on any atom is -0.496 e. The highest BCUT2D eigenvalue weighted by Gasteiger charge is 2.38. The van der Waals surface area contributed by atoms with Crippen molar-refractivity contribution in [1.29, 1.82) is 0 Å². The first kappa shape index (κ1) is 18.9. The van der Waals surface area contributed by atoms with Gasteiger partial charge in [-0.1, -0.05) is 20.8 Å². The second-order valence-corrected chi connectivity index (χ2v) is 11.9. The molecule has 0 spiro atoms. The molecular weight excluding hydrogens is 300 g/mol. The van der Waals surface area contributed by atoms with Gasteiger partial charge in [-0.15, -0.1) is 0 Å². The first-order valence-electron chi connectivity index (χ1n) is 7.67. The summed E-state index contributed by atoms with van der Waals surface area (Å²) in [6.07, 6.45) is 0.367. The van der Waals surface area contributed by atoms with Crippen molar-refractivity contribution in [3.8, 4) is 0 Å². The van der Waals surface area contributed by atoms with E-state index in [1.54, 1.807) is 6.92 Å². The smallest absolute Gasteiger partial charge is 0.346 e. The van der Waals surface area contributed by atoms with Gasteiger partial charge < -0.3 is 13.9 Å². The Morgan fingerprint density at radius 3 is 2.41 bits per heavy atom. The van der Waals surface area contributed by atoms with Crippen LogP contribution >= 0.6 is 0 Å². The van der Waals surface area contributed by atoms with Crippen LogP contribution in [-0.2, 0) is 23.5 Å². The zero-order valence-electron chi connectivity index (χ0n) is 14.7. The first-order valence-corrected chi connectivity index (χ1v) is 10.6. The molecule has 0 aliphatic carbocycles. The van der Waals surface area contributed by atoms with Crippen LogP contribution in [0.1, 0.15) is 40.5 Å². The average molecular weight is 328 g/mol. The lowest BCUT2D eigenvalue weighted by molar-refractivity contribution is -0.140. The van der Waals surface area contributed by atoms with Gasteiger partial charge in [0.15, 0.2) is 26.0 Å². The van der Waals surface area contributed by atoms with Crippen LogP contribution < -0.4 is 0 Å². The fourth-order valence-electron chi connectivity index (χ4n) is 2.00. The molecule has 0 fully saturated rings. The van der Waals surface area contributed by atoms with E-state index in [0.717, 1.165) is 0 Å².